The molecule has 0 aliphatic heterocycles. The molecule has 3 amide bonds. The third kappa shape index (κ3) is 7.75. The van der Waals surface area contributed by atoms with Crippen LogP contribution in [0.4, 0.5) is 10.5 Å². The predicted octanol–water partition coefficient (Wildman–Crippen LogP) is 6.73. The molecule has 0 aromatic heterocycles. The number of alkyl carbamates (subject to hydrolysis) is 1. The van der Waals surface area contributed by atoms with Gasteiger partial charge in [0.25, 0.3) is 5.91 Å². The number of benzene rings is 4. The van der Waals surface area contributed by atoms with Crippen molar-refractivity contribution in [2.24, 2.45) is 0 Å². The Morgan fingerprint density at radius 3 is 2.17 bits per heavy atom. The molecule has 4 aromatic rings. The van der Waals surface area contributed by atoms with Gasteiger partial charge >= 0.3 is 6.09 Å². The van der Waals surface area contributed by atoms with Crippen molar-refractivity contribution in [1.29, 1.82) is 0 Å². The van der Waals surface area contributed by atoms with E-state index in [9.17, 15) is 14.4 Å². The summed E-state index contributed by atoms with van der Waals surface area (Å²) < 4.78 is 5.47. The molecule has 0 spiro atoms. The number of fused-ring (bicyclic) bond motifs is 1. The molecule has 218 valence electrons. The number of aryl methyl sites for hydroxylation is 2. The number of amides is 3. The van der Waals surface area contributed by atoms with E-state index in [2.05, 4.69) is 10.6 Å². The van der Waals surface area contributed by atoms with Crippen LogP contribution >= 0.6 is 0 Å². The van der Waals surface area contributed by atoms with Crippen LogP contribution in [0.15, 0.2) is 91.0 Å². The lowest BCUT2D eigenvalue weighted by atomic mass is 9.96. The van der Waals surface area contributed by atoms with Crippen molar-refractivity contribution in [2.75, 3.05) is 12.4 Å². The number of hydrogen-bond acceptors (Lipinski definition) is 4. The Hall–Kier alpha value is -4.65. The van der Waals surface area contributed by atoms with Crippen LogP contribution in [0.1, 0.15) is 49.1 Å². The minimum atomic E-state index is -0.964. The molecule has 0 saturated carbocycles. The highest BCUT2D eigenvalue weighted by Gasteiger charge is 2.35. The van der Waals surface area contributed by atoms with E-state index < -0.39 is 29.7 Å². The molecule has 0 heterocycles. The number of nitrogens with one attached hydrogen (secondary N) is 2. The quantitative estimate of drug-likeness (QED) is 0.248. The smallest absolute Gasteiger partial charge is 0.408 e. The molecule has 7 nitrogen and oxygen atoms in total. The summed E-state index contributed by atoms with van der Waals surface area (Å²) in [5.74, 6) is -0.771. The SMILES string of the molecule is Cc1ccc(C(C(=O)Nc2ccc3ccccc3c2)N(C)C(=O)C(Cc2ccccc2)NC(=O)OC(C)(C)C)c(C)c1. The van der Waals surface area contributed by atoms with Gasteiger partial charge in [0.15, 0.2) is 0 Å². The van der Waals surface area contributed by atoms with Gasteiger partial charge in [0.2, 0.25) is 5.91 Å². The zero-order valence-electron chi connectivity index (χ0n) is 25.1. The van der Waals surface area contributed by atoms with Gasteiger partial charge in [-0.05, 0) is 74.2 Å². The average Bonchev–Trinajstić information content (AvgIpc) is 2.93. The number of nitrogens with zero attached hydrogens (tertiary/aromatic N) is 1. The van der Waals surface area contributed by atoms with Crippen LogP contribution in [-0.2, 0) is 20.7 Å². The molecule has 0 bridgehead atoms. The van der Waals surface area contributed by atoms with E-state index in [4.69, 9.17) is 4.74 Å². The summed E-state index contributed by atoms with van der Waals surface area (Å²) in [5, 5.41) is 7.84. The Morgan fingerprint density at radius 1 is 0.833 bits per heavy atom. The fourth-order valence-corrected chi connectivity index (χ4v) is 5.01. The minimum absolute atomic E-state index is 0.231. The van der Waals surface area contributed by atoms with E-state index in [1.807, 2.05) is 105 Å². The first kappa shape index (κ1) is 30.3. The Labute approximate surface area is 247 Å². The van der Waals surface area contributed by atoms with Gasteiger partial charge in [-0.3, -0.25) is 9.59 Å². The summed E-state index contributed by atoms with van der Waals surface area (Å²) in [7, 11) is 1.60. The molecule has 0 aliphatic carbocycles. The van der Waals surface area contributed by atoms with Crippen molar-refractivity contribution in [3.8, 4) is 0 Å². The lowest BCUT2D eigenvalue weighted by Gasteiger charge is -2.32. The number of hydrogen-bond donors (Lipinski definition) is 2. The summed E-state index contributed by atoms with van der Waals surface area (Å²) >= 11 is 0. The van der Waals surface area contributed by atoms with Crippen molar-refractivity contribution >= 4 is 34.4 Å². The van der Waals surface area contributed by atoms with E-state index in [1.165, 1.54) is 4.90 Å². The standard InChI is InChI=1S/C35H39N3O4/c1-23-16-19-29(24(2)20-23)31(32(39)36-28-18-17-26-14-10-11-15-27(26)22-28)38(6)33(40)30(21-25-12-8-7-9-13-25)37-34(41)42-35(3,4)5/h7-20,22,30-31H,21H2,1-6H3,(H,36,39)(H,37,41). The highest BCUT2D eigenvalue weighted by molar-refractivity contribution is 6.00. The van der Waals surface area contributed by atoms with Gasteiger partial charge in [0.05, 0.1) is 0 Å². The first-order valence-electron chi connectivity index (χ1n) is 14.1. The molecule has 2 atom stereocenters. The maximum absolute atomic E-state index is 14.1. The van der Waals surface area contributed by atoms with Crippen molar-refractivity contribution in [2.45, 2.75) is 58.7 Å². The number of carbonyl (C=O) groups excluding carboxylic acids is 3. The molecule has 0 radical (unpaired) electrons. The first-order chi connectivity index (χ1) is 19.9. The highest BCUT2D eigenvalue weighted by Crippen LogP contribution is 2.28. The van der Waals surface area contributed by atoms with Gasteiger partial charge in [-0.25, -0.2) is 4.79 Å². The Balaban J connectivity index is 1.68. The number of ether oxygens (including phenoxy) is 1. The van der Waals surface area contributed by atoms with Crippen molar-refractivity contribution in [3.63, 3.8) is 0 Å². The number of likely N-dealkylation sites (N-methyl/N-ethyl adjacent to an activating group) is 1. The maximum Gasteiger partial charge on any atom is 0.408 e. The van der Waals surface area contributed by atoms with Crippen molar-refractivity contribution in [3.05, 3.63) is 113 Å². The molecular weight excluding hydrogens is 526 g/mol. The van der Waals surface area contributed by atoms with Crippen LogP contribution in [0.5, 0.6) is 0 Å². The number of rotatable bonds is 8. The van der Waals surface area contributed by atoms with Gasteiger partial charge < -0.3 is 20.3 Å². The summed E-state index contributed by atoms with van der Waals surface area (Å²) in [4.78, 5) is 42.4. The van der Waals surface area contributed by atoms with Crippen LogP contribution in [0.2, 0.25) is 0 Å². The van der Waals surface area contributed by atoms with Crippen molar-refractivity contribution in [1.82, 2.24) is 10.2 Å². The molecule has 4 rings (SSSR count). The molecular formula is C35H39N3O4. The molecule has 2 N–H and O–H groups in total. The van der Waals surface area contributed by atoms with E-state index in [1.54, 1.807) is 27.8 Å². The average molecular weight is 566 g/mol. The lowest BCUT2D eigenvalue weighted by Crippen LogP contribution is -2.52. The van der Waals surface area contributed by atoms with E-state index in [-0.39, 0.29) is 12.3 Å². The molecule has 42 heavy (non-hydrogen) atoms. The van der Waals surface area contributed by atoms with Gasteiger partial charge in [0.1, 0.15) is 17.7 Å². The second kappa shape index (κ2) is 12.9. The Morgan fingerprint density at radius 2 is 1.50 bits per heavy atom. The number of anilines is 1. The highest BCUT2D eigenvalue weighted by atomic mass is 16.6. The fraction of sp³-hybridized carbons (Fsp3) is 0.286. The second-order valence-corrected chi connectivity index (χ2v) is 11.7. The number of carbonyl (C=O) groups is 3. The van der Waals surface area contributed by atoms with Crippen LogP contribution in [0.3, 0.4) is 0 Å². The predicted molar refractivity (Wildman–Crippen MR) is 167 cm³/mol. The fourth-order valence-electron chi connectivity index (χ4n) is 5.01. The van der Waals surface area contributed by atoms with Crippen molar-refractivity contribution < 1.29 is 19.1 Å². The topological polar surface area (TPSA) is 87.7 Å². The van der Waals surface area contributed by atoms with E-state index in [0.717, 1.165) is 27.5 Å². The van der Waals surface area contributed by atoms with Gasteiger partial charge in [-0.15, -0.1) is 0 Å². The van der Waals surface area contributed by atoms with Gasteiger partial charge in [0, 0.05) is 19.2 Å². The molecule has 0 aliphatic rings. The summed E-state index contributed by atoms with van der Waals surface area (Å²) in [6.07, 6.45) is -0.469. The van der Waals surface area contributed by atoms with Crippen LogP contribution in [0, 0.1) is 13.8 Å². The zero-order chi connectivity index (χ0) is 30.4. The van der Waals surface area contributed by atoms with E-state index in [0.29, 0.717) is 11.3 Å². The Kier molecular flexibility index (Phi) is 9.31. The Bertz CT molecular complexity index is 1580. The molecule has 2 unspecified atom stereocenters. The molecule has 4 aromatic carbocycles. The molecule has 0 saturated heterocycles. The largest absolute Gasteiger partial charge is 0.444 e. The summed E-state index contributed by atoms with van der Waals surface area (Å²) in [6, 6.07) is 26.9. The van der Waals surface area contributed by atoms with Gasteiger partial charge in [-0.2, -0.15) is 0 Å². The normalized spacial score (nSPS) is 12.7. The van der Waals surface area contributed by atoms with Gasteiger partial charge in [-0.1, -0.05) is 84.4 Å². The lowest BCUT2D eigenvalue weighted by molar-refractivity contribution is -0.139. The first-order valence-corrected chi connectivity index (χ1v) is 14.1. The zero-order valence-corrected chi connectivity index (χ0v) is 25.1. The van der Waals surface area contributed by atoms with Crippen LogP contribution in [0.25, 0.3) is 10.8 Å². The van der Waals surface area contributed by atoms with Crippen LogP contribution in [-0.4, -0.2) is 41.5 Å². The van der Waals surface area contributed by atoms with E-state index >= 15 is 0 Å². The summed E-state index contributed by atoms with van der Waals surface area (Å²) in [5.41, 5.74) is 3.38. The van der Waals surface area contributed by atoms with Crippen LogP contribution < -0.4 is 10.6 Å². The third-order valence-electron chi connectivity index (χ3n) is 6.99. The maximum atomic E-state index is 14.1. The summed E-state index contributed by atoms with van der Waals surface area (Å²) in [6.45, 7) is 9.20. The third-order valence-corrected chi connectivity index (χ3v) is 6.99. The molecule has 7 heteroatoms. The molecule has 0 fully saturated rings. The monoisotopic (exact) mass is 565 g/mol. The minimum Gasteiger partial charge on any atom is -0.444 e. The second-order valence-electron chi connectivity index (χ2n) is 11.7.